The molecule has 0 spiro atoms. The highest BCUT2D eigenvalue weighted by molar-refractivity contribution is 7.99. The molecule has 0 aromatic carbocycles. The van der Waals surface area contributed by atoms with Crippen molar-refractivity contribution in [2.75, 3.05) is 0 Å². The number of hydrogen-bond acceptors (Lipinski definition) is 5. The quantitative estimate of drug-likeness (QED) is 0.590. The maximum atomic E-state index is 11.4. The van der Waals surface area contributed by atoms with Crippen molar-refractivity contribution >= 4 is 17.7 Å². The fourth-order valence-electron chi connectivity index (χ4n) is 2.02. The molecule has 1 rings (SSSR count). The zero-order chi connectivity index (χ0) is 14.5. The molecule has 1 aromatic rings. The number of rotatable bonds is 7. The Hall–Kier alpha value is -1.14. The average Bonchev–Trinajstić information content (AvgIpc) is 2.28. The fraction of sp³-hybridized carbons (Fsp3) is 0.615. The van der Waals surface area contributed by atoms with Crippen molar-refractivity contribution in [2.45, 2.75) is 56.0 Å². The summed E-state index contributed by atoms with van der Waals surface area (Å²) < 4.78 is 0. The summed E-state index contributed by atoms with van der Waals surface area (Å²) in [4.78, 5) is 19.4. The van der Waals surface area contributed by atoms with E-state index in [2.05, 4.69) is 15.3 Å². The summed E-state index contributed by atoms with van der Waals surface area (Å²) in [7, 11) is 0. The van der Waals surface area contributed by atoms with Gasteiger partial charge < -0.3 is 5.11 Å². The number of carboxylic acid groups (broad SMARTS) is 1. The van der Waals surface area contributed by atoms with Gasteiger partial charge in [0.1, 0.15) is 11.9 Å². The third-order valence-electron chi connectivity index (χ3n) is 2.65. The molecule has 1 aromatic heterocycles. The van der Waals surface area contributed by atoms with E-state index in [4.69, 9.17) is 0 Å². The van der Waals surface area contributed by atoms with Gasteiger partial charge in [-0.3, -0.25) is 10.1 Å². The second-order valence-corrected chi connectivity index (χ2v) is 6.58. The topological polar surface area (TPSA) is 75.1 Å². The SMILES string of the molecule is CC(C)NC(C)(CC(C)Sc1ccncn1)C(=O)O. The zero-order valence-electron chi connectivity index (χ0n) is 11.8. The molecule has 0 bridgehead atoms. The molecular formula is C13H21N3O2S. The van der Waals surface area contributed by atoms with Gasteiger partial charge in [-0.25, -0.2) is 9.97 Å². The highest BCUT2D eigenvalue weighted by atomic mass is 32.2. The molecule has 0 aliphatic heterocycles. The number of hydrogen-bond donors (Lipinski definition) is 2. The lowest BCUT2D eigenvalue weighted by atomic mass is 9.95. The standard InChI is InChI=1S/C13H21N3O2S/c1-9(2)16-13(4,12(17)18)7-10(3)19-11-5-6-14-8-15-11/h5-6,8-10,16H,7H2,1-4H3,(H,17,18). The van der Waals surface area contributed by atoms with E-state index in [0.29, 0.717) is 6.42 Å². The van der Waals surface area contributed by atoms with Gasteiger partial charge in [0.25, 0.3) is 0 Å². The first kappa shape index (κ1) is 15.9. The van der Waals surface area contributed by atoms with Gasteiger partial charge >= 0.3 is 5.97 Å². The maximum Gasteiger partial charge on any atom is 0.323 e. The highest BCUT2D eigenvalue weighted by Crippen LogP contribution is 2.27. The summed E-state index contributed by atoms with van der Waals surface area (Å²) >= 11 is 1.56. The Kier molecular flexibility index (Phi) is 5.75. The maximum absolute atomic E-state index is 11.4. The molecule has 0 saturated carbocycles. The second-order valence-electron chi connectivity index (χ2n) is 5.12. The van der Waals surface area contributed by atoms with Gasteiger partial charge in [0.15, 0.2) is 0 Å². The summed E-state index contributed by atoms with van der Waals surface area (Å²) in [5.74, 6) is -0.823. The molecule has 0 amide bonds. The molecule has 0 fully saturated rings. The molecule has 2 N–H and O–H groups in total. The first-order valence-electron chi connectivity index (χ1n) is 6.27. The molecule has 2 unspecified atom stereocenters. The minimum atomic E-state index is -0.923. The Bertz CT molecular complexity index is 414. The Labute approximate surface area is 118 Å². The van der Waals surface area contributed by atoms with E-state index in [1.807, 2.05) is 26.8 Å². The minimum Gasteiger partial charge on any atom is -0.480 e. The molecule has 1 heterocycles. The normalized spacial score (nSPS) is 16.1. The van der Waals surface area contributed by atoms with Gasteiger partial charge in [-0.15, -0.1) is 11.8 Å². The monoisotopic (exact) mass is 283 g/mol. The lowest BCUT2D eigenvalue weighted by Crippen LogP contribution is -2.53. The fourth-order valence-corrected chi connectivity index (χ4v) is 3.09. The number of nitrogens with one attached hydrogen (secondary N) is 1. The van der Waals surface area contributed by atoms with Gasteiger partial charge in [0.05, 0.1) is 5.03 Å². The van der Waals surface area contributed by atoms with Crippen molar-refractivity contribution < 1.29 is 9.90 Å². The van der Waals surface area contributed by atoms with E-state index in [1.165, 1.54) is 6.33 Å². The average molecular weight is 283 g/mol. The number of thioether (sulfide) groups is 1. The zero-order valence-corrected chi connectivity index (χ0v) is 12.6. The lowest BCUT2D eigenvalue weighted by molar-refractivity contribution is -0.144. The van der Waals surface area contributed by atoms with Gasteiger partial charge in [0, 0.05) is 17.5 Å². The third kappa shape index (κ3) is 5.16. The highest BCUT2D eigenvalue weighted by Gasteiger charge is 2.35. The summed E-state index contributed by atoms with van der Waals surface area (Å²) in [6, 6.07) is 1.95. The molecule has 0 aliphatic rings. The van der Waals surface area contributed by atoms with Crippen molar-refractivity contribution in [3.63, 3.8) is 0 Å². The lowest BCUT2D eigenvalue weighted by Gasteiger charge is -2.30. The summed E-state index contributed by atoms with van der Waals surface area (Å²) in [5.41, 5.74) is -0.923. The molecule has 0 aliphatic carbocycles. The molecule has 2 atom stereocenters. The van der Waals surface area contributed by atoms with Crippen LogP contribution in [0.25, 0.3) is 0 Å². The van der Waals surface area contributed by atoms with Crippen LogP contribution in [0.15, 0.2) is 23.6 Å². The number of carboxylic acids is 1. The van der Waals surface area contributed by atoms with E-state index in [0.717, 1.165) is 5.03 Å². The van der Waals surface area contributed by atoms with Crippen LogP contribution in [-0.4, -0.2) is 37.9 Å². The third-order valence-corrected chi connectivity index (χ3v) is 3.70. The Morgan fingerprint density at radius 2 is 2.21 bits per heavy atom. The number of nitrogens with zero attached hydrogens (tertiary/aromatic N) is 2. The summed E-state index contributed by atoms with van der Waals surface area (Å²) in [5, 5.41) is 13.5. The van der Waals surface area contributed by atoms with E-state index in [1.54, 1.807) is 24.9 Å². The van der Waals surface area contributed by atoms with E-state index >= 15 is 0 Å². The minimum absolute atomic E-state index is 0.123. The Morgan fingerprint density at radius 1 is 1.53 bits per heavy atom. The molecule has 106 valence electrons. The van der Waals surface area contributed by atoms with Crippen molar-refractivity contribution in [2.24, 2.45) is 0 Å². The van der Waals surface area contributed by atoms with Crippen molar-refractivity contribution in [3.8, 4) is 0 Å². The van der Waals surface area contributed by atoms with Gasteiger partial charge in [-0.2, -0.15) is 0 Å². The summed E-state index contributed by atoms with van der Waals surface area (Å²) in [6.07, 6.45) is 3.71. The van der Waals surface area contributed by atoms with Crippen LogP contribution in [0.2, 0.25) is 0 Å². The molecule has 5 nitrogen and oxygen atoms in total. The smallest absolute Gasteiger partial charge is 0.323 e. The predicted octanol–water partition coefficient (Wildman–Crippen LogP) is 2.19. The van der Waals surface area contributed by atoms with Crippen LogP contribution in [0.4, 0.5) is 0 Å². The van der Waals surface area contributed by atoms with E-state index in [9.17, 15) is 9.90 Å². The van der Waals surface area contributed by atoms with Crippen molar-refractivity contribution in [1.29, 1.82) is 0 Å². The van der Waals surface area contributed by atoms with Crippen LogP contribution < -0.4 is 5.32 Å². The first-order chi connectivity index (χ1) is 8.83. The van der Waals surface area contributed by atoms with E-state index in [-0.39, 0.29) is 11.3 Å². The largest absolute Gasteiger partial charge is 0.480 e. The van der Waals surface area contributed by atoms with Gasteiger partial charge in [-0.1, -0.05) is 6.92 Å². The van der Waals surface area contributed by atoms with Crippen LogP contribution >= 0.6 is 11.8 Å². The van der Waals surface area contributed by atoms with Crippen molar-refractivity contribution in [3.05, 3.63) is 18.6 Å². The molecular weight excluding hydrogens is 262 g/mol. The van der Waals surface area contributed by atoms with Crippen LogP contribution in [0.5, 0.6) is 0 Å². The summed E-state index contributed by atoms with van der Waals surface area (Å²) in [6.45, 7) is 7.63. The molecule has 0 radical (unpaired) electrons. The molecule has 0 saturated heterocycles. The Morgan fingerprint density at radius 3 is 2.68 bits per heavy atom. The first-order valence-corrected chi connectivity index (χ1v) is 7.15. The number of carbonyl (C=O) groups is 1. The van der Waals surface area contributed by atoms with Crippen LogP contribution in [0.1, 0.15) is 34.1 Å². The van der Waals surface area contributed by atoms with Crippen LogP contribution in [-0.2, 0) is 4.79 Å². The predicted molar refractivity (Wildman–Crippen MR) is 76.3 cm³/mol. The van der Waals surface area contributed by atoms with Crippen LogP contribution in [0.3, 0.4) is 0 Å². The second kappa shape index (κ2) is 6.86. The number of aromatic nitrogens is 2. The van der Waals surface area contributed by atoms with Crippen LogP contribution in [0, 0.1) is 0 Å². The molecule has 19 heavy (non-hydrogen) atoms. The van der Waals surface area contributed by atoms with E-state index < -0.39 is 11.5 Å². The molecule has 6 heteroatoms. The van der Waals surface area contributed by atoms with Crippen molar-refractivity contribution in [1.82, 2.24) is 15.3 Å². The Balaban J connectivity index is 2.66. The van der Waals surface area contributed by atoms with Gasteiger partial charge in [-0.05, 0) is 33.3 Å². The number of aliphatic carboxylic acids is 1. The van der Waals surface area contributed by atoms with Gasteiger partial charge in [0.2, 0.25) is 0 Å².